The number of nitrogens with zero attached hydrogens (tertiary/aromatic N) is 3. The molecule has 1 heterocycles. The van der Waals surface area contributed by atoms with Crippen LogP contribution in [0.2, 0.25) is 0 Å². The molecule has 1 N–H and O–H groups in total. The summed E-state index contributed by atoms with van der Waals surface area (Å²) < 4.78 is 0.772. The molecule has 1 amide bonds. The molecule has 0 bridgehead atoms. The van der Waals surface area contributed by atoms with E-state index in [4.69, 9.17) is 0 Å². The number of benzene rings is 2. The van der Waals surface area contributed by atoms with Crippen molar-refractivity contribution in [2.75, 3.05) is 17.3 Å². The van der Waals surface area contributed by atoms with Gasteiger partial charge in [0.15, 0.2) is 4.34 Å². The van der Waals surface area contributed by atoms with E-state index in [1.165, 1.54) is 28.7 Å². The third kappa shape index (κ3) is 4.87. The number of aromatic nitrogens is 2. The van der Waals surface area contributed by atoms with Crippen LogP contribution in [0.5, 0.6) is 0 Å². The fourth-order valence-corrected chi connectivity index (χ4v) is 4.63. The molecule has 0 fully saturated rings. The quantitative estimate of drug-likeness (QED) is 0.568. The molecule has 0 aliphatic rings. The van der Waals surface area contributed by atoms with Crippen LogP contribution in [-0.2, 0) is 11.2 Å². The number of thioether (sulfide) groups is 1. The third-order valence-corrected chi connectivity index (χ3v) is 6.16. The normalized spacial score (nSPS) is 11.8. The number of para-hydroxylation sites is 2. The molecule has 1 aromatic heterocycles. The van der Waals surface area contributed by atoms with Gasteiger partial charge in [-0.15, -0.1) is 10.2 Å². The summed E-state index contributed by atoms with van der Waals surface area (Å²) in [6, 6.07) is 17.8. The van der Waals surface area contributed by atoms with Crippen LogP contribution in [0.4, 0.5) is 16.5 Å². The summed E-state index contributed by atoms with van der Waals surface area (Å²) in [5, 5.41) is 12.2. The van der Waals surface area contributed by atoms with E-state index in [1.54, 1.807) is 11.9 Å². The summed E-state index contributed by atoms with van der Waals surface area (Å²) >= 11 is 2.89. The summed E-state index contributed by atoms with van der Waals surface area (Å²) in [5.74, 6) is 0.0345. The lowest BCUT2D eigenvalue weighted by atomic mass is 10.1. The van der Waals surface area contributed by atoms with Crippen LogP contribution < -0.4 is 10.2 Å². The molecule has 5 nitrogen and oxygen atoms in total. The first-order chi connectivity index (χ1) is 13.1. The van der Waals surface area contributed by atoms with Crippen LogP contribution in [0.15, 0.2) is 58.9 Å². The molecule has 2 aromatic carbocycles. The molecule has 1 unspecified atom stereocenters. The smallest absolute Gasteiger partial charge is 0.240 e. The molecule has 0 spiro atoms. The Bertz CT molecular complexity index is 898. The van der Waals surface area contributed by atoms with Crippen LogP contribution in [0.25, 0.3) is 0 Å². The first-order valence-electron chi connectivity index (χ1n) is 8.76. The van der Waals surface area contributed by atoms with Gasteiger partial charge in [-0.1, -0.05) is 66.4 Å². The van der Waals surface area contributed by atoms with Crippen molar-refractivity contribution < 1.29 is 4.79 Å². The number of hydrogen-bond acceptors (Lipinski definition) is 6. The van der Waals surface area contributed by atoms with Crippen molar-refractivity contribution >= 4 is 45.5 Å². The lowest BCUT2D eigenvalue weighted by molar-refractivity contribution is -0.117. The number of carbonyl (C=O) groups is 1. The minimum Gasteiger partial charge on any atom is -0.330 e. The average Bonchev–Trinajstić information content (AvgIpc) is 3.14. The minimum absolute atomic E-state index is 0.0345. The van der Waals surface area contributed by atoms with Crippen molar-refractivity contribution in [3.05, 3.63) is 60.2 Å². The van der Waals surface area contributed by atoms with Gasteiger partial charge in [-0.2, -0.15) is 0 Å². The highest BCUT2D eigenvalue weighted by molar-refractivity contribution is 8.02. The Labute approximate surface area is 167 Å². The second-order valence-corrected chi connectivity index (χ2v) is 8.57. The zero-order chi connectivity index (χ0) is 19.2. The minimum atomic E-state index is -0.251. The van der Waals surface area contributed by atoms with E-state index in [1.807, 2.05) is 55.5 Å². The third-order valence-electron chi connectivity index (χ3n) is 4.15. The lowest BCUT2D eigenvalue weighted by Gasteiger charge is -2.20. The molecule has 0 saturated heterocycles. The Balaban J connectivity index is 1.64. The van der Waals surface area contributed by atoms with Gasteiger partial charge in [0, 0.05) is 18.4 Å². The van der Waals surface area contributed by atoms with Crippen molar-refractivity contribution in [3.8, 4) is 0 Å². The molecule has 27 heavy (non-hydrogen) atoms. The van der Waals surface area contributed by atoms with Crippen LogP contribution in [0.3, 0.4) is 0 Å². The molecular formula is C20H22N4OS2. The van der Waals surface area contributed by atoms with Crippen LogP contribution in [0, 0.1) is 0 Å². The molecule has 1 atom stereocenters. The highest BCUT2D eigenvalue weighted by atomic mass is 32.2. The van der Waals surface area contributed by atoms with Gasteiger partial charge in [-0.25, -0.2) is 0 Å². The predicted molar refractivity (Wildman–Crippen MR) is 114 cm³/mol. The van der Waals surface area contributed by atoms with E-state index >= 15 is 0 Å². The Hall–Kier alpha value is -2.38. The van der Waals surface area contributed by atoms with E-state index in [9.17, 15) is 4.79 Å². The summed E-state index contributed by atoms with van der Waals surface area (Å²) in [5.41, 5.74) is 3.15. The van der Waals surface area contributed by atoms with Crippen molar-refractivity contribution in [1.29, 1.82) is 0 Å². The molecule has 0 aliphatic heterocycles. The van der Waals surface area contributed by atoms with Gasteiger partial charge in [0.25, 0.3) is 0 Å². The Morgan fingerprint density at radius 1 is 1.15 bits per heavy atom. The average molecular weight is 399 g/mol. The number of rotatable bonds is 7. The molecule has 3 rings (SSSR count). The molecule has 3 aromatic rings. The van der Waals surface area contributed by atoms with E-state index in [-0.39, 0.29) is 11.2 Å². The van der Waals surface area contributed by atoms with Gasteiger partial charge in [0.2, 0.25) is 11.0 Å². The number of carbonyl (C=O) groups excluding carboxylic acids is 1. The first-order valence-corrected chi connectivity index (χ1v) is 10.5. The van der Waals surface area contributed by atoms with Crippen LogP contribution in [-0.4, -0.2) is 28.4 Å². The largest absolute Gasteiger partial charge is 0.330 e. The number of amides is 1. The van der Waals surface area contributed by atoms with Gasteiger partial charge < -0.3 is 10.2 Å². The SMILES string of the molecule is CCc1ccccc1Nc1nnc(SC(C)C(=O)N(C)c2ccccc2)s1. The molecule has 0 saturated carbocycles. The first kappa shape index (κ1) is 19.4. The summed E-state index contributed by atoms with van der Waals surface area (Å²) in [7, 11) is 1.80. The molecular weight excluding hydrogens is 376 g/mol. The van der Waals surface area contributed by atoms with Crippen molar-refractivity contribution in [3.63, 3.8) is 0 Å². The summed E-state index contributed by atoms with van der Waals surface area (Å²) in [4.78, 5) is 14.4. The Morgan fingerprint density at radius 2 is 1.85 bits per heavy atom. The Kier molecular flexibility index (Phi) is 6.47. The number of aryl methyl sites for hydroxylation is 1. The fraction of sp³-hybridized carbons (Fsp3) is 0.250. The second-order valence-electron chi connectivity index (χ2n) is 6.00. The van der Waals surface area contributed by atoms with Crippen molar-refractivity contribution in [2.24, 2.45) is 0 Å². The Morgan fingerprint density at radius 3 is 2.59 bits per heavy atom. The number of nitrogens with one attached hydrogen (secondary N) is 1. The monoisotopic (exact) mass is 398 g/mol. The maximum Gasteiger partial charge on any atom is 0.240 e. The van der Waals surface area contributed by atoms with Crippen molar-refractivity contribution in [1.82, 2.24) is 10.2 Å². The maximum atomic E-state index is 12.7. The van der Waals surface area contributed by atoms with Gasteiger partial charge in [0.1, 0.15) is 0 Å². The second kappa shape index (κ2) is 9.01. The zero-order valence-corrected chi connectivity index (χ0v) is 17.2. The zero-order valence-electron chi connectivity index (χ0n) is 15.5. The van der Waals surface area contributed by atoms with Crippen LogP contribution >= 0.6 is 23.1 Å². The maximum absolute atomic E-state index is 12.7. The van der Waals surface area contributed by atoms with E-state index < -0.39 is 0 Å². The van der Waals surface area contributed by atoms with Gasteiger partial charge >= 0.3 is 0 Å². The van der Waals surface area contributed by atoms with Crippen molar-refractivity contribution in [2.45, 2.75) is 29.9 Å². The van der Waals surface area contributed by atoms with Gasteiger partial charge in [0.05, 0.1) is 5.25 Å². The summed E-state index contributed by atoms with van der Waals surface area (Å²) in [6.45, 7) is 4.02. The van der Waals surface area contributed by atoms with E-state index in [2.05, 4.69) is 28.5 Å². The lowest BCUT2D eigenvalue weighted by Crippen LogP contribution is -2.33. The van der Waals surface area contributed by atoms with E-state index in [0.29, 0.717) is 0 Å². The highest BCUT2D eigenvalue weighted by Gasteiger charge is 2.21. The standard InChI is InChI=1S/C20H22N4OS2/c1-4-15-10-8-9-13-17(15)21-19-22-23-20(27-19)26-14(2)18(25)24(3)16-11-6-5-7-12-16/h5-14H,4H2,1-3H3,(H,21,22). The molecule has 0 aliphatic carbocycles. The molecule has 140 valence electrons. The van der Waals surface area contributed by atoms with Gasteiger partial charge in [-0.05, 0) is 37.1 Å². The van der Waals surface area contributed by atoms with Crippen LogP contribution in [0.1, 0.15) is 19.4 Å². The fourth-order valence-electron chi connectivity index (χ4n) is 2.63. The topological polar surface area (TPSA) is 58.1 Å². The number of hydrogen-bond donors (Lipinski definition) is 1. The van der Waals surface area contributed by atoms with E-state index in [0.717, 1.165) is 27.3 Å². The molecule has 7 heteroatoms. The van der Waals surface area contributed by atoms with Gasteiger partial charge in [-0.3, -0.25) is 4.79 Å². The predicted octanol–water partition coefficient (Wildman–Crippen LogP) is 4.99. The number of anilines is 3. The molecule has 0 radical (unpaired) electrons. The highest BCUT2D eigenvalue weighted by Crippen LogP contribution is 2.32. The summed E-state index contributed by atoms with van der Waals surface area (Å²) in [6.07, 6.45) is 0.945.